The number of ether oxygens (including phenoxy) is 1. The zero-order valence-corrected chi connectivity index (χ0v) is 7.08. The van der Waals surface area contributed by atoms with Crippen molar-refractivity contribution in [2.45, 2.75) is 19.5 Å². The van der Waals surface area contributed by atoms with Crippen LogP contribution in [0.4, 0.5) is 0 Å². The van der Waals surface area contributed by atoms with E-state index in [0.717, 1.165) is 18.0 Å². The molecule has 0 radical (unpaired) electrons. The van der Waals surface area contributed by atoms with E-state index in [1.165, 1.54) is 0 Å². The predicted molar refractivity (Wildman–Crippen MR) is 46.0 cm³/mol. The van der Waals surface area contributed by atoms with Gasteiger partial charge in [0.05, 0.1) is 0 Å². The van der Waals surface area contributed by atoms with Gasteiger partial charge < -0.3 is 10.1 Å². The zero-order valence-electron chi connectivity index (χ0n) is 7.08. The molecule has 12 heavy (non-hydrogen) atoms. The Bertz CT molecular complexity index is 248. The van der Waals surface area contributed by atoms with Gasteiger partial charge >= 0.3 is 0 Å². The third-order valence-corrected chi connectivity index (χ3v) is 1.96. The van der Waals surface area contributed by atoms with E-state index in [1.54, 1.807) is 6.20 Å². The Hall–Kier alpha value is -1.09. The Morgan fingerprint density at radius 3 is 3.50 bits per heavy atom. The number of rotatable bonds is 0. The van der Waals surface area contributed by atoms with Crippen LogP contribution in [0.2, 0.25) is 0 Å². The normalized spacial score (nSPS) is 22.2. The summed E-state index contributed by atoms with van der Waals surface area (Å²) in [5.41, 5.74) is 1.14. The fourth-order valence-electron chi connectivity index (χ4n) is 1.24. The SMILES string of the molecule is C[C@H]1COc2ncccc2CN1. The summed E-state index contributed by atoms with van der Waals surface area (Å²) < 4.78 is 5.49. The van der Waals surface area contributed by atoms with Crippen LogP contribution in [0.15, 0.2) is 18.3 Å². The van der Waals surface area contributed by atoms with Gasteiger partial charge in [0.1, 0.15) is 6.61 Å². The van der Waals surface area contributed by atoms with Crippen LogP contribution in [0.25, 0.3) is 0 Å². The van der Waals surface area contributed by atoms with Crippen molar-refractivity contribution >= 4 is 0 Å². The van der Waals surface area contributed by atoms with Crippen LogP contribution in [0.3, 0.4) is 0 Å². The quantitative estimate of drug-likeness (QED) is 0.620. The second-order valence-electron chi connectivity index (χ2n) is 3.06. The first-order valence-electron chi connectivity index (χ1n) is 4.16. The summed E-state index contributed by atoms with van der Waals surface area (Å²) in [7, 11) is 0. The van der Waals surface area contributed by atoms with Gasteiger partial charge in [-0.3, -0.25) is 0 Å². The van der Waals surface area contributed by atoms with Gasteiger partial charge in [-0.1, -0.05) is 6.07 Å². The largest absolute Gasteiger partial charge is 0.476 e. The van der Waals surface area contributed by atoms with Crippen molar-refractivity contribution in [3.05, 3.63) is 23.9 Å². The Morgan fingerprint density at radius 2 is 2.58 bits per heavy atom. The van der Waals surface area contributed by atoms with E-state index in [1.807, 2.05) is 12.1 Å². The molecule has 0 aromatic carbocycles. The molecule has 0 aliphatic carbocycles. The van der Waals surface area contributed by atoms with Gasteiger partial charge in [0.25, 0.3) is 0 Å². The summed E-state index contributed by atoms with van der Waals surface area (Å²) in [5.74, 6) is 0.773. The van der Waals surface area contributed by atoms with Crippen LogP contribution < -0.4 is 10.1 Å². The second kappa shape index (κ2) is 3.11. The van der Waals surface area contributed by atoms with Crippen molar-refractivity contribution < 1.29 is 4.74 Å². The Balaban J connectivity index is 2.26. The molecule has 64 valence electrons. The van der Waals surface area contributed by atoms with Gasteiger partial charge in [0.15, 0.2) is 0 Å². The number of pyridine rings is 1. The molecule has 1 atom stereocenters. The van der Waals surface area contributed by atoms with E-state index in [-0.39, 0.29) is 0 Å². The molecule has 1 aromatic heterocycles. The maximum atomic E-state index is 5.49. The smallest absolute Gasteiger partial charge is 0.217 e. The highest BCUT2D eigenvalue weighted by atomic mass is 16.5. The fraction of sp³-hybridized carbons (Fsp3) is 0.444. The van der Waals surface area contributed by atoms with Crippen LogP contribution in [0.1, 0.15) is 12.5 Å². The molecule has 0 fully saturated rings. The molecule has 0 bridgehead atoms. The summed E-state index contributed by atoms with van der Waals surface area (Å²) in [4.78, 5) is 4.15. The van der Waals surface area contributed by atoms with Crippen molar-refractivity contribution in [1.29, 1.82) is 0 Å². The van der Waals surface area contributed by atoms with E-state index in [4.69, 9.17) is 4.74 Å². The molecule has 0 spiro atoms. The molecular formula is C9H12N2O. The molecular weight excluding hydrogens is 152 g/mol. The minimum Gasteiger partial charge on any atom is -0.476 e. The molecule has 1 aliphatic rings. The lowest BCUT2D eigenvalue weighted by atomic mass is 10.2. The summed E-state index contributed by atoms with van der Waals surface area (Å²) in [6.45, 7) is 3.65. The molecule has 2 heterocycles. The minimum absolute atomic E-state index is 0.402. The van der Waals surface area contributed by atoms with Crippen LogP contribution >= 0.6 is 0 Å². The van der Waals surface area contributed by atoms with Crippen molar-refractivity contribution in [2.24, 2.45) is 0 Å². The monoisotopic (exact) mass is 164 g/mol. The maximum Gasteiger partial charge on any atom is 0.217 e. The van der Waals surface area contributed by atoms with Crippen LogP contribution in [-0.2, 0) is 6.54 Å². The first kappa shape index (κ1) is 7.55. The van der Waals surface area contributed by atoms with Gasteiger partial charge in [-0.05, 0) is 13.0 Å². The van der Waals surface area contributed by atoms with Crippen LogP contribution in [0, 0.1) is 0 Å². The molecule has 2 rings (SSSR count). The highest BCUT2D eigenvalue weighted by Crippen LogP contribution is 2.16. The number of aromatic nitrogens is 1. The van der Waals surface area contributed by atoms with Crippen molar-refractivity contribution in [2.75, 3.05) is 6.61 Å². The molecule has 0 unspecified atom stereocenters. The summed E-state index contributed by atoms with van der Waals surface area (Å²) in [6.07, 6.45) is 1.76. The third kappa shape index (κ3) is 1.41. The van der Waals surface area contributed by atoms with E-state index >= 15 is 0 Å². The number of fused-ring (bicyclic) bond motifs is 1. The Labute approximate surface area is 71.8 Å². The van der Waals surface area contributed by atoms with Crippen molar-refractivity contribution in [1.82, 2.24) is 10.3 Å². The molecule has 0 amide bonds. The number of nitrogens with one attached hydrogen (secondary N) is 1. The highest BCUT2D eigenvalue weighted by Gasteiger charge is 2.12. The fourth-order valence-corrected chi connectivity index (χ4v) is 1.24. The number of nitrogens with zero attached hydrogens (tertiary/aromatic N) is 1. The average molecular weight is 164 g/mol. The standard InChI is InChI=1S/C9H12N2O/c1-7-6-12-9-8(5-11-7)3-2-4-10-9/h2-4,7,11H,5-6H2,1H3/t7-/m0/s1. The summed E-state index contributed by atoms with van der Waals surface area (Å²) in [6, 6.07) is 4.37. The van der Waals surface area contributed by atoms with Crippen molar-refractivity contribution in [3.8, 4) is 5.88 Å². The average Bonchev–Trinajstić information content (AvgIpc) is 2.29. The van der Waals surface area contributed by atoms with Gasteiger partial charge in [0, 0.05) is 24.3 Å². The maximum absolute atomic E-state index is 5.49. The molecule has 1 N–H and O–H groups in total. The predicted octanol–water partition coefficient (Wildman–Crippen LogP) is 0.952. The second-order valence-corrected chi connectivity index (χ2v) is 3.06. The minimum atomic E-state index is 0.402. The lowest BCUT2D eigenvalue weighted by molar-refractivity contribution is 0.278. The van der Waals surface area contributed by atoms with E-state index in [9.17, 15) is 0 Å². The lowest BCUT2D eigenvalue weighted by Crippen LogP contribution is -2.28. The molecule has 0 saturated carbocycles. The van der Waals surface area contributed by atoms with Crippen LogP contribution in [0.5, 0.6) is 5.88 Å². The first-order chi connectivity index (χ1) is 5.86. The lowest BCUT2D eigenvalue weighted by Gasteiger charge is -2.06. The Morgan fingerprint density at radius 1 is 1.67 bits per heavy atom. The van der Waals surface area contributed by atoms with Crippen LogP contribution in [-0.4, -0.2) is 17.6 Å². The topological polar surface area (TPSA) is 34.1 Å². The van der Waals surface area contributed by atoms with E-state index in [2.05, 4.69) is 17.2 Å². The molecule has 3 nitrogen and oxygen atoms in total. The third-order valence-electron chi connectivity index (χ3n) is 1.96. The van der Waals surface area contributed by atoms with Gasteiger partial charge in [-0.2, -0.15) is 0 Å². The summed E-state index contributed by atoms with van der Waals surface area (Å²) >= 11 is 0. The number of hydrogen-bond acceptors (Lipinski definition) is 3. The molecule has 0 saturated heterocycles. The van der Waals surface area contributed by atoms with Gasteiger partial charge in [-0.15, -0.1) is 0 Å². The van der Waals surface area contributed by atoms with Gasteiger partial charge in [0.2, 0.25) is 5.88 Å². The van der Waals surface area contributed by atoms with Crippen molar-refractivity contribution in [3.63, 3.8) is 0 Å². The van der Waals surface area contributed by atoms with E-state index in [0.29, 0.717) is 12.6 Å². The Kier molecular flexibility index (Phi) is 1.96. The number of hydrogen-bond donors (Lipinski definition) is 1. The molecule has 1 aromatic rings. The zero-order chi connectivity index (χ0) is 8.39. The highest BCUT2D eigenvalue weighted by molar-refractivity contribution is 5.26. The summed E-state index contributed by atoms with van der Waals surface area (Å²) in [5, 5.41) is 3.34. The van der Waals surface area contributed by atoms with Gasteiger partial charge in [-0.25, -0.2) is 4.98 Å². The van der Waals surface area contributed by atoms with E-state index < -0.39 is 0 Å². The first-order valence-corrected chi connectivity index (χ1v) is 4.16. The molecule has 1 aliphatic heterocycles. The molecule has 3 heteroatoms.